The smallest absolute Gasteiger partial charge is 0.330 e. The first kappa shape index (κ1) is 15.8. The zero-order chi connectivity index (χ0) is 15.9. The molecular formula is C19H20O3. The van der Waals surface area contributed by atoms with Crippen molar-refractivity contribution in [3.8, 4) is 5.75 Å². The molecule has 1 atom stereocenters. The van der Waals surface area contributed by atoms with E-state index in [1.807, 2.05) is 56.3 Å². The number of phenols is 1. The minimum Gasteiger partial charge on any atom is -0.508 e. The first-order valence-corrected chi connectivity index (χ1v) is 7.25. The van der Waals surface area contributed by atoms with E-state index in [0.29, 0.717) is 0 Å². The van der Waals surface area contributed by atoms with Gasteiger partial charge in [-0.3, -0.25) is 0 Å². The van der Waals surface area contributed by atoms with E-state index in [2.05, 4.69) is 0 Å². The van der Waals surface area contributed by atoms with Gasteiger partial charge in [-0.2, -0.15) is 0 Å². The van der Waals surface area contributed by atoms with Crippen LogP contribution < -0.4 is 0 Å². The molecule has 0 aliphatic carbocycles. The van der Waals surface area contributed by atoms with Gasteiger partial charge in [0.15, 0.2) is 0 Å². The average Bonchev–Trinajstić information content (AvgIpc) is 2.51. The van der Waals surface area contributed by atoms with Crippen molar-refractivity contribution in [1.82, 2.24) is 0 Å². The lowest BCUT2D eigenvalue weighted by molar-refractivity contribution is -0.138. The number of rotatable bonds is 5. The topological polar surface area (TPSA) is 46.5 Å². The Labute approximate surface area is 130 Å². The largest absolute Gasteiger partial charge is 0.508 e. The van der Waals surface area contributed by atoms with Gasteiger partial charge in [0.05, 0.1) is 6.61 Å². The molecule has 22 heavy (non-hydrogen) atoms. The summed E-state index contributed by atoms with van der Waals surface area (Å²) in [6, 6.07) is 15.1. The molecule has 0 aliphatic rings. The van der Waals surface area contributed by atoms with Crippen molar-refractivity contribution >= 4 is 12.0 Å². The highest BCUT2D eigenvalue weighted by molar-refractivity contribution is 5.87. The summed E-state index contributed by atoms with van der Waals surface area (Å²) >= 11 is 0. The van der Waals surface area contributed by atoms with Gasteiger partial charge in [-0.1, -0.05) is 49.4 Å². The first-order chi connectivity index (χ1) is 10.6. The lowest BCUT2D eigenvalue weighted by atomic mass is 9.99. The number of esters is 1. The molecule has 0 saturated carbocycles. The minimum atomic E-state index is -0.387. The maximum absolute atomic E-state index is 11.7. The Morgan fingerprint density at radius 2 is 1.95 bits per heavy atom. The van der Waals surface area contributed by atoms with Gasteiger partial charge in [0.1, 0.15) is 5.75 Å². The predicted octanol–water partition coefficient (Wildman–Crippen LogP) is 4.06. The van der Waals surface area contributed by atoms with E-state index in [4.69, 9.17) is 4.74 Å². The van der Waals surface area contributed by atoms with Crippen LogP contribution in [0.15, 0.2) is 54.6 Å². The summed E-state index contributed by atoms with van der Waals surface area (Å²) in [5, 5.41) is 9.92. The van der Waals surface area contributed by atoms with Gasteiger partial charge in [0.2, 0.25) is 0 Å². The Morgan fingerprint density at radius 3 is 2.64 bits per heavy atom. The molecule has 2 aromatic rings. The van der Waals surface area contributed by atoms with Crippen LogP contribution in [0.1, 0.15) is 29.5 Å². The first-order valence-electron chi connectivity index (χ1n) is 7.25. The number of benzene rings is 2. The molecule has 0 fully saturated rings. The number of carbonyl (C=O) groups is 1. The lowest BCUT2D eigenvalue weighted by Crippen LogP contribution is -2.09. The van der Waals surface area contributed by atoms with Crippen molar-refractivity contribution < 1.29 is 14.6 Å². The van der Waals surface area contributed by atoms with Gasteiger partial charge >= 0.3 is 5.97 Å². The molecule has 0 bridgehead atoms. The zero-order valence-corrected chi connectivity index (χ0v) is 12.8. The van der Waals surface area contributed by atoms with Gasteiger partial charge in [0.25, 0.3) is 0 Å². The fourth-order valence-corrected chi connectivity index (χ4v) is 2.14. The van der Waals surface area contributed by atoms with E-state index >= 15 is 0 Å². The second kappa shape index (κ2) is 7.46. The van der Waals surface area contributed by atoms with Crippen molar-refractivity contribution in [2.24, 2.45) is 0 Å². The number of hydrogen-bond acceptors (Lipinski definition) is 3. The number of hydrogen-bond donors (Lipinski definition) is 1. The quantitative estimate of drug-likeness (QED) is 0.668. The fraction of sp³-hybridized carbons (Fsp3) is 0.211. The molecule has 0 unspecified atom stereocenters. The van der Waals surface area contributed by atoms with Crippen molar-refractivity contribution in [3.05, 3.63) is 71.3 Å². The van der Waals surface area contributed by atoms with Crippen LogP contribution in [-0.2, 0) is 9.53 Å². The molecule has 2 rings (SSSR count). The molecule has 0 spiro atoms. The Kier molecular flexibility index (Phi) is 5.37. The molecule has 0 aliphatic heterocycles. The summed E-state index contributed by atoms with van der Waals surface area (Å²) in [5.74, 6) is -0.208. The van der Waals surface area contributed by atoms with Crippen molar-refractivity contribution in [2.45, 2.75) is 19.8 Å². The second-order valence-electron chi connectivity index (χ2n) is 5.34. The Bertz CT molecular complexity index is 660. The van der Waals surface area contributed by atoms with Gasteiger partial charge < -0.3 is 9.84 Å². The van der Waals surface area contributed by atoms with Gasteiger partial charge in [-0.15, -0.1) is 0 Å². The lowest BCUT2D eigenvalue weighted by Gasteiger charge is -2.13. The summed E-state index contributed by atoms with van der Waals surface area (Å²) in [6.07, 6.45) is 3.13. The highest BCUT2D eigenvalue weighted by atomic mass is 16.5. The maximum Gasteiger partial charge on any atom is 0.330 e. The molecule has 0 saturated heterocycles. The maximum atomic E-state index is 11.7. The van der Waals surface area contributed by atoms with E-state index in [1.54, 1.807) is 12.1 Å². The SMILES string of the molecule is Cc1ccc([C@H](C)COC(=O)/C=C/c2ccccc2)c(O)c1. The third-order valence-corrected chi connectivity index (χ3v) is 3.40. The average molecular weight is 296 g/mol. The minimum absolute atomic E-state index is 0.0605. The van der Waals surface area contributed by atoms with Crippen LogP contribution in [0.25, 0.3) is 6.08 Å². The van der Waals surface area contributed by atoms with E-state index in [0.717, 1.165) is 16.7 Å². The van der Waals surface area contributed by atoms with Crippen molar-refractivity contribution in [3.63, 3.8) is 0 Å². The third kappa shape index (κ3) is 4.48. The molecule has 0 radical (unpaired) electrons. The standard InChI is InChI=1S/C19H20O3/c1-14-8-10-17(18(20)12-14)15(2)13-22-19(21)11-9-16-6-4-3-5-7-16/h3-12,15,20H,13H2,1-2H3/b11-9+/t15-/m1/s1. The van der Waals surface area contributed by atoms with Crippen LogP contribution in [0.4, 0.5) is 0 Å². The Balaban J connectivity index is 1.89. The Hall–Kier alpha value is -2.55. The zero-order valence-electron chi connectivity index (χ0n) is 12.8. The van der Waals surface area contributed by atoms with Crippen LogP contribution in [0.5, 0.6) is 5.75 Å². The highest BCUT2D eigenvalue weighted by Gasteiger charge is 2.12. The molecule has 3 heteroatoms. The summed E-state index contributed by atoms with van der Waals surface area (Å²) in [7, 11) is 0. The molecule has 0 amide bonds. The van der Waals surface area contributed by atoms with Crippen LogP contribution in [0.2, 0.25) is 0 Å². The normalized spacial score (nSPS) is 12.3. The molecule has 1 N–H and O–H groups in total. The third-order valence-electron chi connectivity index (χ3n) is 3.40. The molecule has 3 nitrogen and oxygen atoms in total. The summed E-state index contributed by atoms with van der Waals surface area (Å²) in [5.41, 5.74) is 2.73. The number of ether oxygens (including phenoxy) is 1. The van der Waals surface area contributed by atoms with Crippen molar-refractivity contribution in [2.75, 3.05) is 6.61 Å². The molecule has 0 heterocycles. The predicted molar refractivity (Wildman–Crippen MR) is 87.7 cm³/mol. The van der Waals surface area contributed by atoms with Crippen LogP contribution in [0, 0.1) is 6.92 Å². The number of aryl methyl sites for hydroxylation is 1. The van der Waals surface area contributed by atoms with Crippen LogP contribution >= 0.6 is 0 Å². The van der Waals surface area contributed by atoms with Gasteiger partial charge in [-0.25, -0.2) is 4.79 Å². The molecular weight excluding hydrogens is 276 g/mol. The van der Waals surface area contributed by atoms with Crippen molar-refractivity contribution in [1.29, 1.82) is 0 Å². The number of phenolic OH excluding ortho intramolecular Hbond substituents is 1. The summed E-state index contributed by atoms with van der Waals surface area (Å²) < 4.78 is 5.23. The second-order valence-corrected chi connectivity index (χ2v) is 5.34. The van der Waals surface area contributed by atoms with E-state index in [-0.39, 0.29) is 24.2 Å². The highest BCUT2D eigenvalue weighted by Crippen LogP contribution is 2.26. The molecule has 114 valence electrons. The molecule has 0 aromatic heterocycles. The molecule has 2 aromatic carbocycles. The fourth-order valence-electron chi connectivity index (χ4n) is 2.14. The number of aromatic hydroxyl groups is 1. The van der Waals surface area contributed by atoms with Crippen LogP contribution in [-0.4, -0.2) is 17.7 Å². The van der Waals surface area contributed by atoms with Gasteiger partial charge in [0, 0.05) is 17.6 Å². The summed E-state index contributed by atoms with van der Waals surface area (Å²) in [6.45, 7) is 4.07. The van der Waals surface area contributed by atoms with E-state index in [1.165, 1.54) is 6.08 Å². The number of carbonyl (C=O) groups excluding carboxylic acids is 1. The summed E-state index contributed by atoms with van der Waals surface area (Å²) in [4.78, 5) is 11.7. The van der Waals surface area contributed by atoms with Gasteiger partial charge in [-0.05, 0) is 30.2 Å². The van der Waals surface area contributed by atoms with Crippen LogP contribution in [0.3, 0.4) is 0 Å². The Morgan fingerprint density at radius 1 is 1.23 bits per heavy atom. The monoisotopic (exact) mass is 296 g/mol. The van der Waals surface area contributed by atoms with E-state index in [9.17, 15) is 9.90 Å². The van der Waals surface area contributed by atoms with E-state index < -0.39 is 0 Å².